The molecule has 12 heteroatoms. The molecule has 3 aliphatic carbocycles. The van der Waals surface area contributed by atoms with E-state index in [1.807, 2.05) is 0 Å². The van der Waals surface area contributed by atoms with Crippen molar-refractivity contribution in [2.24, 2.45) is 17.6 Å². The number of likely N-dealkylation sites (N-methyl/N-ethyl adjacent to an activating group) is 1. The number of piperidine rings is 1. The zero-order valence-corrected chi connectivity index (χ0v) is 23.3. The molecule has 41 heavy (non-hydrogen) atoms. The van der Waals surface area contributed by atoms with Gasteiger partial charge in [-0.1, -0.05) is 13.0 Å². The van der Waals surface area contributed by atoms with Crippen molar-refractivity contribution in [1.29, 1.82) is 0 Å². The highest BCUT2D eigenvalue weighted by atomic mass is 16.4. The Morgan fingerprint density at radius 3 is 2.41 bits per heavy atom. The summed E-state index contributed by atoms with van der Waals surface area (Å²) in [6, 6.07) is 2.00. The van der Waals surface area contributed by atoms with Crippen LogP contribution < -0.4 is 11.1 Å². The van der Waals surface area contributed by atoms with Crippen LogP contribution >= 0.6 is 0 Å². The van der Waals surface area contributed by atoms with Gasteiger partial charge in [-0.15, -0.1) is 0 Å². The lowest BCUT2D eigenvalue weighted by Gasteiger charge is -2.52. The zero-order valence-electron chi connectivity index (χ0n) is 23.3. The number of ketones is 2. The number of nitrogens with two attached hydrogens (primary N) is 1. The average molecular weight is 570 g/mol. The number of nitrogens with zero attached hydrogens (tertiary/aromatic N) is 2. The first-order chi connectivity index (χ1) is 19.3. The molecular weight excluding hydrogens is 532 g/mol. The van der Waals surface area contributed by atoms with Gasteiger partial charge in [0.25, 0.3) is 5.91 Å². The third-order valence-electron chi connectivity index (χ3n) is 8.95. The third-order valence-corrected chi connectivity index (χ3v) is 8.95. The lowest BCUT2D eigenvalue weighted by molar-refractivity contribution is -0.167. The number of hydrogen-bond acceptors (Lipinski definition) is 11. The number of anilines is 1. The molecule has 1 heterocycles. The summed E-state index contributed by atoms with van der Waals surface area (Å²) in [6.07, 6.45) is 2.62. The van der Waals surface area contributed by atoms with Crippen molar-refractivity contribution < 1.29 is 39.9 Å². The van der Waals surface area contributed by atoms with E-state index < -0.39 is 69.7 Å². The lowest BCUT2D eigenvalue weighted by Crippen LogP contribution is -2.70. The average Bonchev–Trinajstić information content (AvgIpc) is 2.91. The highest BCUT2D eigenvalue weighted by Gasteiger charge is 2.67. The molecule has 1 aliphatic heterocycles. The molecule has 5 rings (SSSR count). The fraction of sp³-hybridized carbons (Fsp3) is 0.517. The van der Waals surface area contributed by atoms with Gasteiger partial charge < -0.3 is 41.5 Å². The summed E-state index contributed by atoms with van der Waals surface area (Å²) in [4.78, 5) is 43.0. The molecule has 1 aromatic carbocycles. The van der Waals surface area contributed by atoms with Gasteiger partial charge in [-0.3, -0.25) is 19.3 Å². The van der Waals surface area contributed by atoms with Crippen LogP contribution in [0.1, 0.15) is 37.3 Å². The molecule has 1 saturated carbocycles. The summed E-state index contributed by atoms with van der Waals surface area (Å²) in [5, 5.41) is 60.1. The minimum Gasteiger partial charge on any atom is -0.508 e. The Hall–Kier alpha value is -3.45. The number of amides is 1. The number of carbonyl (C=O) groups excluding carboxylic acids is 3. The van der Waals surface area contributed by atoms with Crippen LogP contribution in [-0.2, 0) is 14.4 Å². The number of aliphatic hydroxyl groups is 4. The number of rotatable bonds is 6. The van der Waals surface area contributed by atoms with Crippen molar-refractivity contribution in [3.05, 3.63) is 46.6 Å². The second kappa shape index (κ2) is 10.4. The van der Waals surface area contributed by atoms with Crippen molar-refractivity contribution >= 4 is 28.9 Å². The van der Waals surface area contributed by atoms with Crippen LogP contribution in [-0.4, -0.2) is 110 Å². The molecule has 1 saturated heterocycles. The molecule has 4 aliphatic rings. The zero-order chi connectivity index (χ0) is 30.0. The van der Waals surface area contributed by atoms with E-state index in [-0.39, 0.29) is 17.4 Å². The van der Waals surface area contributed by atoms with Crippen molar-refractivity contribution in [1.82, 2.24) is 9.80 Å². The maximum absolute atomic E-state index is 14.0. The molecule has 2 fully saturated rings. The first kappa shape index (κ1) is 29.1. The van der Waals surface area contributed by atoms with Gasteiger partial charge in [0.05, 0.1) is 29.3 Å². The number of phenols is 1. The van der Waals surface area contributed by atoms with Gasteiger partial charge in [0.15, 0.2) is 11.4 Å². The van der Waals surface area contributed by atoms with E-state index in [2.05, 4.69) is 17.1 Å². The molecule has 0 aromatic heterocycles. The van der Waals surface area contributed by atoms with Gasteiger partial charge in [0, 0.05) is 37.0 Å². The van der Waals surface area contributed by atoms with Crippen LogP contribution in [0.3, 0.4) is 0 Å². The number of aliphatic hydroxyl groups excluding tert-OH is 3. The highest BCUT2D eigenvalue weighted by Crippen LogP contribution is 2.53. The quantitative estimate of drug-likeness (QED) is 0.183. The van der Waals surface area contributed by atoms with Gasteiger partial charge in [-0.25, -0.2) is 0 Å². The van der Waals surface area contributed by atoms with E-state index in [9.17, 15) is 39.9 Å². The molecule has 8 N–H and O–H groups in total. The topological polar surface area (TPSA) is 197 Å². The van der Waals surface area contributed by atoms with Crippen LogP contribution in [0.25, 0.3) is 5.76 Å². The molecular formula is C29H37N4O8. The molecule has 0 bridgehead atoms. The second-order valence-electron chi connectivity index (χ2n) is 11.6. The summed E-state index contributed by atoms with van der Waals surface area (Å²) in [6.45, 7) is 4.98. The van der Waals surface area contributed by atoms with Crippen molar-refractivity contribution in [2.45, 2.75) is 50.0 Å². The lowest BCUT2D eigenvalue weighted by atomic mass is 9.56. The second-order valence-corrected chi connectivity index (χ2v) is 11.6. The highest BCUT2D eigenvalue weighted by molar-refractivity contribution is 6.24. The van der Waals surface area contributed by atoms with E-state index >= 15 is 0 Å². The number of aromatic hydroxyl groups is 1. The van der Waals surface area contributed by atoms with Gasteiger partial charge in [0.1, 0.15) is 22.8 Å². The van der Waals surface area contributed by atoms with Gasteiger partial charge in [-0.05, 0) is 51.5 Å². The summed E-state index contributed by atoms with van der Waals surface area (Å²) in [5.41, 5.74) is 1.64. The van der Waals surface area contributed by atoms with Gasteiger partial charge in [-0.2, -0.15) is 0 Å². The summed E-state index contributed by atoms with van der Waals surface area (Å²) < 4.78 is 0. The number of fused-ring (bicyclic) bond motifs is 3. The Morgan fingerprint density at radius 1 is 1.17 bits per heavy atom. The molecule has 1 radical (unpaired) electrons. The molecule has 1 amide bonds. The maximum atomic E-state index is 14.0. The SMILES string of the molecule is CCCN1CCC(Nc2ccc3c(c2O)C(O)=C2C(=O)[C@]4(O)C(O)=C(C(N)=O)C(=O)[C@@H](N(C)C)[C@@H]4[C@@H](O)[C@@H]2[CH]3)CC1. The van der Waals surface area contributed by atoms with E-state index in [1.165, 1.54) is 25.4 Å². The van der Waals surface area contributed by atoms with Crippen LogP contribution in [0.2, 0.25) is 0 Å². The van der Waals surface area contributed by atoms with Crippen LogP contribution in [0.5, 0.6) is 5.75 Å². The smallest absolute Gasteiger partial charge is 0.255 e. The fourth-order valence-electron chi connectivity index (χ4n) is 6.97. The molecule has 221 valence electrons. The minimum atomic E-state index is -2.93. The van der Waals surface area contributed by atoms with E-state index in [0.717, 1.165) is 38.9 Å². The number of benzene rings is 1. The number of hydrogen-bond donors (Lipinski definition) is 7. The first-order valence-corrected chi connectivity index (χ1v) is 13.9. The number of nitrogens with one attached hydrogen (secondary N) is 1. The summed E-state index contributed by atoms with van der Waals surface area (Å²) in [7, 11) is 2.92. The van der Waals surface area contributed by atoms with Crippen LogP contribution in [0.4, 0.5) is 5.69 Å². The standard InChI is InChI=1S/C29H37N4O8/c1-4-9-33-10-7-14(8-11-33)31-16-6-5-13-12-15-18(24(36)17(13)23(16)35)26(38)29(41)20(22(15)34)21(32(2)3)25(37)19(27(29)39)28(30)40/h5-6,12,14-15,20-22,31,34-36,39,41H,4,7-11H2,1-3H3,(H2,30,40)/t15-,20-,21+,22+,29+/m1/s1. The molecule has 0 unspecified atom stereocenters. The summed E-state index contributed by atoms with van der Waals surface area (Å²) >= 11 is 0. The van der Waals surface area contributed by atoms with Gasteiger partial charge >= 0.3 is 0 Å². The van der Waals surface area contributed by atoms with Crippen LogP contribution in [0, 0.1) is 18.3 Å². The first-order valence-electron chi connectivity index (χ1n) is 13.9. The number of primary amides is 1. The Kier molecular flexibility index (Phi) is 7.39. The Morgan fingerprint density at radius 2 is 1.83 bits per heavy atom. The van der Waals surface area contributed by atoms with Crippen molar-refractivity contribution in [2.75, 3.05) is 39.0 Å². The Bertz CT molecular complexity index is 1360. The van der Waals surface area contributed by atoms with E-state index in [0.29, 0.717) is 11.3 Å². The molecule has 1 aromatic rings. The van der Waals surface area contributed by atoms with E-state index in [4.69, 9.17) is 5.73 Å². The van der Waals surface area contributed by atoms with Gasteiger partial charge in [0.2, 0.25) is 5.78 Å². The third kappa shape index (κ3) is 4.32. The predicted octanol–water partition coefficient (Wildman–Crippen LogP) is 0.231. The normalized spacial score (nSPS) is 30.8. The fourth-order valence-corrected chi connectivity index (χ4v) is 6.97. The van der Waals surface area contributed by atoms with E-state index in [1.54, 1.807) is 12.1 Å². The van der Waals surface area contributed by atoms with Crippen molar-refractivity contribution in [3.63, 3.8) is 0 Å². The summed E-state index contributed by atoms with van der Waals surface area (Å²) in [5.74, 6) is -8.50. The number of likely N-dealkylation sites (tertiary alicyclic amines) is 1. The Labute approximate surface area is 237 Å². The number of phenolic OH excluding ortho intramolecular Hbond substituents is 1. The largest absolute Gasteiger partial charge is 0.508 e. The molecule has 12 nitrogen and oxygen atoms in total. The van der Waals surface area contributed by atoms with Crippen molar-refractivity contribution in [3.8, 4) is 5.75 Å². The monoisotopic (exact) mass is 569 g/mol. The predicted molar refractivity (Wildman–Crippen MR) is 149 cm³/mol. The number of carbonyl (C=O) groups is 3. The molecule has 0 spiro atoms. The Balaban J connectivity index is 1.57. The molecule has 5 atom stereocenters. The minimum absolute atomic E-state index is 0.0677. The maximum Gasteiger partial charge on any atom is 0.255 e. The number of Topliss-reactive ketones (excluding diaryl/α,β-unsaturated/α-hetero) is 2. The van der Waals surface area contributed by atoms with Crippen LogP contribution in [0.15, 0.2) is 29.0 Å².